The van der Waals surface area contributed by atoms with Gasteiger partial charge in [-0.15, -0.1) is 10.2 Å². The fourth-order valence-electron chi connectivity index (χ4n) is 2.61. The SMILES string of the molecule is Cc1nnc(-c2c(S(=O)(=O)Nc3ccccc3)c(C)n(C)c2C)o1. The number of hydrogen-bond acceptors (Lipinski definition) is 5. The first-order chi connectivity index (χ1) is 11.3. The van der Waals surface area contributed by atoms with Crippen molar-refractivity contribution < 1.29 is 12.8 Å². The summed E-state index contributed by atoms with van der Waals surface area (Å²) < 4.78 is 35.8. The molecule has 3 aromatic rings. The van der Waals surface area contributed by atoms with Gasteiger partial charge in [0.2, 0.25) is 5.89 Å². The second-order valence-electron chi connectivity index (χ2n) is 5.53. The normalized spacial score (nSPS) is 11.7. The van der Waals surface area contributed by atoms with Crippen molar-refractivity contribution in [1.82, 2.24) is 14.8 Å². The van der Waals surface area contributed by atoms with Crippen molar-refractivity contribution in [2.75, 3.05) is 4.72 Å². The van der Waals surface area contributed by atoms with Gasteiger partial charge in [-0.25, -0.2) is 8.42 Å². The first kappa shape index (κ1) is 16.3. The molecule has 0 aliphatic carbocycles. The molecule has 0 unspecified atom stereocenters. The van der Waals surface area contributed by atoms with Gasteiger partial charge in [0.05, 0.1) is 5.56 Å². The molecule has 8 heteroatoms. The molecule has 3 rings (SSSR count). The molecule has 2 aromatic heterocycles. The van der Waals surface area contributed by atoms with Gasteiger partial charge in [0.1, 0.15) is 4.90 Å². The van der Waals surface area contributed by atoms with Crippen LogP contribution < -0.4 is 4.72 Å². The maximum absolute atomic E-state index is 13.0. The molecule has 0 bridgehead atoms. The third kappa shape index (κ3) is 2.69. The van der Waals surface area contributed by atoms with Gasteiger partial charge in [0.15, 0.2) is 0 Å². The van der Waals surface area contributed by atoms with Crippen molar-refractivity contribution >= 4 is 15.7 Å². The summed E-state index contributed by atoms with van der Waals surface area (Å²) in [6.45, 7) is 5.24. The van der Waals surface area contributed by atoms with E-state index in [4.69, 9.17) is 4.42 Å². The van der Waals surface area contributed by atoms with E-state index in [1.165, 1.54) is 0 Å². The van der Waals surface area contributed by atoms with Crippen LogP contribution in [-0.4, -0.2) is 23.2 Å². The topological polar surface area (TPSA) is 90.0 Å². The summed E-state index contributed by atoms with van der Waals surface area (Å²) in [4.78, 5) is 0.148. The molecule has 1 aromatic carbocycles. The zero-order chi connectivity index (χ0) is 17.5. The van der Waals surface area contributed by atoms with Crippen LogP contribution >= 0.6 is 0 Å². The molecule has 0 saturated heterocycles. The van der Waals surface area contributed by atoms with E-state index in [9.17, 15) is 8.42 Å². The number of rotatable bonds is 4. The molecule has 7 nitrogen and oxygen atoms in total. The number of anilines is 1. The highest BCUT2D eigenvalue weighted by atomic mass is 32.2. The van der Waals surface area contributed by atoms with Crippen LogP contribution in [-0.2, 0) is 17.1 Å². The summed E-state index contributed by atoms with van der Waals surface area (Å²) in [5.41, 5.74) is 2.26. The van der Waals surface area contributed by atoms with Gasteiger partial charge in [-0.05, 0) is 26.0 Å². The van der Waals surface area contributed by atoms with Gasteiger partial charge in [-0.1, -0.05) is 18.2 Å². The second kappa shape index (κ2) is 5.79. The number of sulfonamides is 1. The molecule has 0 aliphatic heterocycles. The molecule has 0 amide bonds. The Morgan fingerprint density at radius 1 is 1.04 bits per heavy atom. The Kier molecular flexibility index (Phi) is 3.92. The van der Waals surface area contributed by atoms with Crippen LogP contribution in [0, 0.1) is 20.8 Å². The molecule has 0 spiro atoms. The van der Waals surface area contributed by atoms with Crippen LogP contribution in [0.25, 0.3) is 11.5 Å². The van der Waals surface area contributed by atoms with Crippen LogP contribution in [0.2, 0.25) is 0 Å². The van der Waals surface area contributed by atoms with Gasteiger partial charge in [-0.3, -0.25) is 4.72 Å². The Morgan fingerprint density at radius 3 is 2.29 bits per heavy atom. The van der Waals surface area contributed by atoms with Crippen molar-refractivity contribution in [3.05, 3.63) is 47.6 Å². The van der Waals surface area contributed by atoms with E-state index in [0.29, 0.717) is 22.8 Å². The van der Waals surface area contributed by atoms with Crippen molar-refractivity contribution in [1.29, 1.82) is 0 Å². The Balaban J connectivity index is 2.18. The predicted octanol–water partition coefficient (Wildman–Crippen LogP) is 2.80. The van der Waals surface area contributed by atoms with E-state index < -0.39 is 10.0 Å². The lowest BCUT2D eigenvalue weighted by molar-refractivity contribution is 0.530. The van der Waals surface area contributed by atoms with Gasteiger partial charge in [0, 0.05) is 31.0 Å². The zero-order valence-electron chi connectivity index (χ0n) is 13.9. The fourth-order valence-corrected chi connectivity index (χ4v) is 4.19. The molecule has 24 heavy (non-hydrogen) atoms. The number of nitrogens with zero attached hydrogens (tertiary/aromatic N) is 3. The number of benzene rings is 1. The van der Waals surface area contributed by atoms with E-state index in [1.54, 1.807) is 49.7 Å². The Morgan fingerprint density at radius 2 is 1.71 bits per heavy atom. The van der Waals surface area contributed by atoms with E-state index in [1.807, 2.05) is 13.0 Å². The van der Waals surface area contributed by atoms with Crippen molar-refractivity contribution in [3.63, 3.8) is 0 Å². The third-order valence-electron chi connectivity index (χ3n) is 3.96. The largest absolute Gasteiger partial charge is 0.421 e. The first-order valence-corrected chi connectivity index (χ1v) is 8.84. The minimum absolute atomic E-state index is 0.148. The molecule has 0 saturated carbocycles. The predicted molar refractivity (Wildman–Crippen MR) is 90.2 cm³/mol. The van der Waals surface area contributed by atoms with E-state index >= 15 is 0 Å². The molecule has 0 radical (unpaired) electrons. The maximum atomic E-state index is 13.0. The van der Waals surface area contributed by atoms with E-state index in [-0.39, 0.29) is 10.8 Å². The molecule has 2 heterocycles. The minimum atomic E-state index is -3.81. The van der Waals surface area contributed by atoms with Gasteiger partial charge in [-0.2, -0.15) is 0 Å². The number of nitrogens with one attached hydrogen (secondary N) is 1. The lowest BCUT2D eigenvalue weighted by Gasteiger charge is -2.09. The zero-order valence-corrected chi connectivity index (χ0v) is 14.7. The van der Waals surface area contributed by atoms with Crippen LogP contribution in [0.3, 0.4) is 0 Å². The standard InChI is InChI=1S/C16H18N4O3S/c1-10-14(16-18-17-12(3)23-16)15(11(2)20(10)4)24(21,22)19-13-8-6-5-7-9-13/h5-9,19H,1-4H3. The summed E-state index contributed by atoms with van der Waals surface area (Å²) in [6.07, 6.45) is 0. The number of aryl methyl sites for hydroxylation is 1. The summed E-state index contributed by atoms with van der Waals surface area (Å²) >= 11 is 0. The summed E-state index contributed by atoms with van der Waals surface area (Å²) in [7, 11) is -2.01. The van der Waals surface area contributed by atoms with E-state index in [2.05, 4.69) is 14.9 Å². The molecular weight excluding hydrogens is 328 g/mol. The monoisotopic (exact) mass is 346 g/mol. The molecule has 0 fully saturated rings. The van der Waals surface area contributed by atoms with Crippen molar-refractivity contribution in [2.45, 2.75) is 25.7 Å². The summed E-state index contributed by atoms with van der Waals surface area (Å²) in [5.74, 6) is 0.576. The second-order valence-corrected chi connectivity index (χ2v) is 7.15. The highest BCUT2D eigenvalue weighted by molar-refractivity contribution is 7.93. The molecule has 0 aliphatic rings. The Hall–Kier alpha value is -2.61. The van der Waals surface area contributed by atoms with Crippen LogP contribution in [0.1, 0.15) is 17.3 Å². The van der Waals surface area contributed by atoms with Crippen molar-refractivity contribution in [3.8, 4) is 11.5 Å². The quantitative estimate of drug-likeness (QED) is 0.784. The minimum Gasteiger partial charge on any atom is -0.421 e. The number of para-hydroxylation sites is 1. The van der Waals surface area contributed by atoms with Gasteiger partial charge in [0.25, 0.3) is 15.9 Å². The first-order valence-electron chi connectivity index (χ1n) is 7.35. The van der Waals surface area contributed by atoms with Crippen LogP contribution in [0.5, 0.6) is 0 Å². The lowest BCUT2D eigenvalue weighted by Crippen LogP contribution is -2.14. The summed E-state index contributed by atoms with van der Waals surface area (Å²) in [5, 5.41) is 7.80. The Labute approximate surface area is 140 Å². The van der Waals surface area contributed by atoms with Crippen LogP contribution in [0.15, 0.2) is 39.6 Å². The molecule has 0 atom stereocenters. The fraction of sp³-hybridized carbons (Fsp3) is 0.250. The average molecular weight is 346 g/mol. The number of aromatic nitrogens is 3. The Bertz CT molecular complexity index is 988. The third-order valence-corrected chi connectivity index (χ3v) is 5.50. The van der Waals surface area contributed by atoms with Crippen LogP contribution in [0.4, 0.5) is 5.69 Å². The van der Waals surface area contributed by atoms with Crippen molar-refractivity contribution in [2.24, 2.45) is 7.05 Å². The molecule has 126 valence electrons. The van der Waals surface area contributed by atoms with Gasteiger partial charge >= 0.3 is 0 Å². The number of hydrogen-bond donors (Lipinski definition) is 1. The maximum Gasteiger partial charge on any atom is 0.264 e. The highest BCUT2D eigenvalue weighted by Gasteiger charge is 2.30. The lowest BCUT2D eigenvalue weighted by atomic mass is 10.2. The molecular formula is C16H18N4O3S. The average Bonchev–Trinajstić information content (AvgIpc) is 3.05. The highest BCUT2D eigenvalue weighted by Crippen LogP contribution is 2.35. The molecule has 1 N–H and O–H groups in total. The van der Waals surface area contributed by atoms with Gasteiger partial charge < -0.3 is 8.98 Å². The summed E-state index contributed by atoms with van der Waals surface area (Å²) in [6, 6.07) is 8.74. The van der Waals surface area contributed by atoms with E-state index in [0.717, 1.165) is 5.69 Å². The smallest absolute Gasteiger partial charge is 0.264 e.